The summed E-state index contributed by atoms with van der Waals surface area (Å²) in [6.45, 7) is 4.18. The molecule has 3 atom stereocenters. The van der Waals surface area contributed by atoms with Gasteiger partial charge in [0.25, 0.3) is 5.91 Å². The van der Waals surface area contributed by atoms with Crippen LogP contribution in [0.25, 0.3) is 11.3 Å². The van der Waals surface area contributed by atoms with Gasteiger partial charge in [-0.1, -0.05) is 19.1 Å². The molecule has 5 rings (SSSR count). The Labute approximate surface area is 182 Å². The van der Waals surface area contributed by atoms with Gasteiger partial charge in [-0.15, -0.1) is 0 Å². The lowest BCUT2D eigenvalue weighted by molar-refractivity contribution is -0.136. The molecule has 0 bridgehead atoms. The number of halogens is 1. The highest BCUT2D eigenvalue weighted by atomic mass is 19.1. The highest BCUT2D eigenvalue weighted by molar-refractivity contribution is 5.94. The Morgan fingerprint density at radius 2 is 1.81 bits per heavy atom. The molecule has 2 heterocycles. The fraction of sp³-hybridized carbons (Fsp3) is 0.480. The Hall–Kier alpha value is -2.76. The van der Waals surface area contributed by atoms with Crippen LogP contribution in [-0.2, 0) is 4.79 Å². The summed E-state index contributed by atoms with van der Waals surface area (Å²) in [5, 5.41) is 3.09. The molecule has 1 saturated heterocycles. The van der Waals surface area contributed by atoms with Crippen LogP contribution in [0.3, 0.4) is 0 Å². The summed E-state index contributed by atoms with van der Waals surface area (Å²) in [6.07, 6.45) is 4.86. The highest BCUT2D eigenvalue weighted by Crippen LogP contribution is 2.51. The first-order valence-corrected chi connectivity index (χ1v) is 11.3. The van der Waals surface area contributed by atoms with E-state index in [0.29, 0.717) is 22.7 Å². The van der Waals surface area contributed by atoms with Crippen molar-refractivity contribution in [1.82, 2.24) is 15.2 Å². The van der Waals surface area contributed by atoms with Crippen molar-refractivity contribution in [3.8, 4) is 11.3 Å². The standard InChI is InChI=1S/C25H28FN3O2/c1-15-21-13-29(14-22(15)21)25(31)16-5-8-20(9-6-16)28-24(30)18-7-10-23(27-12-18)17-3-2-4-19(26)11-17/h2-4,7,10-12,15-16,20-22H,5-6,8-9,13-14H2,1H3,(H,28,30)/t15?,16?,20?,21-,22+. The zero-order valence-electron chi connectivity index (χ0n) is 17.8. The Balaban J connectivity index is 1.12. The van der Waals surface area contributed by atoms with Gasteiger partial charge in [-0.2, -0.15) is 0 Å². The number of aromatic nitrogens is 1. The molecule has 2 saturated carbocycles. The van der Waals surface area contributed by atoms with Crippen molar-refractivity contribution in [2.45, 2.75) is 38.6 Å². The van der Waals surface area contributed by atoms with Gasteiger partial charge >= 0.3 is 0 Å². The first-order chi connectivity index (χ1) is 15.0. The van der Waals surface area contributed by atoms with Gasteiger partial charge in [0.1, 0.15) is 5.82 Å². The summed E-state index contributed by atoms with van der Waals surface area (Å²) >= 11 is 0. The molecule has 1 unspecified atom stereocenters. The van der Waals surface area contributed by atoms with Gasteiger partial charge in [0.05, 0.1) is 11.3 Å². The average molecular weight is 422 g/mol. The molecule has 3 fully saturated rings. The van der Waals surface area contributed by atoms with Crippen molar-refractivity contribution in [3.05, 3.63) is 54.0 Å². The topological polar surface area (TPSA) is 62.3 Å². The van der Waals surface area contributed by atoms with Crippen LogP contribution in [0.2, 0.25) is 0 Å². The molecule has 0 spiro atoms. The fourth-order valence-corrected chi connectivity index (χ4v) is 5.36. The Morgan fingerprint density at radius 1 is 1.06 bits per heavy atom. The molecule has 0 radical (unpaired) electrons. The molecular weight excluding hydrogens is 393 g/mol. The predicted molar refractivity (Wildman–Crippen MR) is 116 cm³/mol. The number of pyridine rings is 1. The Bertz CT molecular complexity index is 973. The lowest BCUT2D eigenvalue weighted by Gasteiger charge is -2.31. The average Bonchev–Trinajstić information content (AvgIpc) is 3.19. The third-order valence-corrected chi connectivity index (χ3v) is 7.49. The number of amides is 2. The lowest BCUT2D eigenvalue weighted by atomic mass is 9.85. The van der Waals surface area contributed by atoms with Gasteiger partial charge in [0.15, 0.2) is 0 Å². The maximum atomic E-state index is 13.4. The molecule has 2 aromatic rings. The van der Waals surface area contributed by atoms with Crippen LogP contribution >= 0.6 is 0 Å². The normalized spacial score (nSPS) is 29.4. The Kier molecular flexibility index (Phi) is 5.24. The predicted octanol–water partition coefficient (Wildman–Crippen LogP) is 3.90. The summed E-state index contributed by atoms with van der Waals surface area (Å²) in [5.74, 6) is 2.23. The van der Waals surface area contributed by atoms with Gasteiger partial charge in [-0.25, -0.2) is 4.39 Å². The molecular formula is C25H28FN3O2. The molecule has 3 aliphatic rings. The summed E-state index contributed by atoms with van der Waals surface area (Å²) < 4.78 is 13.4. The summed E-state index contributed by atoms with van der Waals surface area (Å²) in [6, 6.07) is 9.79. The van der Waals surface area contributed by atoms with Gasteiger partial charge in [0.2, 0.25) is 5.91 Å². The molecule has 31 heavy (non-hydrogen) atoms. The third kappa shape index (κ3) is 4.08. The van der Waals surface area contributed by atoms with E-state index in [1.165, 1.54) is 18.3 Å². The van der Waals surface area contributed by atoms with E-state index in [9.17, 15) is 14.0 Å². The fourth-order valence-electron chi connectivity index (χ4n) is 5.36. The number of nitrogens with zero attached hydrogens (tertiary/aromatic N) is 2. The van der Waals surface area contributed by atoms with Gasteiger partial charge in [-0.3, -0.25) is 14.6 Å². The van der Waals surface area contributed by atoms with Crippen molar-refractivity contribution in [3.63, 3.8) is 0 Å². The van der Waals surface area contributed by atoms with Gasteiger partial charge in [0, 0.05) is 36.8 Å². The monoisotopic (exact) mass is 421 g/mol. The first-order valence-electron chi connectivity index (χ1n) is 11.3. The molecule has 6 heteroatoms. The number of piperidine rings is 1. The number of fused-ring (bicyclic) bond motifs is 1. The van der Waals surface area contributed by atoms with Crippen LogP contribution in [0.5, 0.6) is 0 Å². The third-order valence-electron chi connectivity index (χ3n) is 7.49. The highest BCUT2D eigenvalue weighted by Gasteiger charge is 2.54. The maximum absolute atomic E-state index is 13.4. The van der Waals surface area contributed by atoms with E-state index in [2.05, 4.69) is 22.1 Å². The largest absolute Gasteiger partial charge is 0.349 e. The molecule has 5 nitrogen and oxygen atoms in total. The van der Waals surface area contributed by atoms with Crippen LogP contribution in [0.4, 0.5) is 4.39 Å². The van der Waals surface area contributed by atoms with Crippen LogP contribution in [0.15, 0.2) is 42.6 Å². The number of hydrogen-bond donors (Lipinski definition) is 1. The van der Waals surface area contributed by atoms with E-state index in [1.807, 2.05) is 0 Å². The number of benzene rings is 1. The van der Waals surface area contributed by atoms with Crippen LogP contribution < -0.4 is 5.32 Å². The second kappa shape index (κ2) is 8.06. The zero-order valence-corrected chi connectivity index (χ0v) is 17.8. The van der Waals surface area contributed by atoms with Gasteiger partial charge < -0.3 is 10.2 Å². The second-order valence-electron chi connectivity index (χ2n) is 9.39. The summed E-state index contributed by atoms with van der Waals surface area (Å²) in [4.78, 5) is 31.8. The lowest BCUT2D eigenvalue weighted by Crippen LogP contribution is -2.42. The number of rotatable bonds is 4. The number of carbonyl (C=O) groups excluding carboxylic acids is 2. The van der Waals surface area contributed by atoms with E-state index >= 15 is 0 Å². The quantitative estimate of drug-likeness (QED) is 0.815. The maximum Gasteiger partial charge on any atom is 0.253 e. The van der Waals surface area contributed by atoms with Crippen molar-refractivity contribution >= 4 is 11.8 Å². The number of carbonyl (C=O) groups is 2. The van der Waals surface area contributed by atoms with E-state index < -0.39 is 0 Å². The molecule has 1 aromatic heterocycles. The summed E-state index contributed by atoms with van der Waals surface area (Å²) in [7, 11) is 0. The Morgan fingerprint density at radius 3 is 2.45 bits per heavy atom. The minimum atomic E-state index is -0.314. The van der Waals surface area contributed by atoms with Crippen LogP contribution in [-0.4, -0.2) is 40.8 Å². The molecule has 1 aromatic carbocycles. The van der Waals surface area contributed by atoms with Crippen molar-refractivity contribution in [2.24, 2.45) is 23.7 Å². The van der Waals surface area contributed by atoms with E-state index in [0.717, 1.165) is 56.5 Å². The van der Waals surface area contributed by atoms with Crippen molar-refractivity contribution in [1.29, 1.82) is 0 Å². The molecule has 1 N–H and O–H groups in total. The number of hydrogen-bond acceptors (Lipinski definition) is 3. The molecule has 2 amide bonds. The second-order valence-corrected chi connectivity index (χ2v) is 9.39. The molecule has 162 valence electrons. The minimum absolute atomic E-state index is 0.0893. The number of nitrogens with one attached hydrogen (secondary N) is 1. The SMILES string of the molecule is CC1[C@H]2CN(C(=O)C3CCC(NC(=O)c4ccc(-c5cccc(F)c5)nc4)CC3)C[C@@H]12. The van der Waals surface area contributed by atoms with E-state index in [4.69, 9.17) is 0 Å². The van der Waals surface area contributed by atoms with Crippen LogP contribution in [0, 0.1) is 29.5 Å². The smallest absolute Gasteiger partial charge is 0.253 e. The molecule has 1 aliphatic heterocycles. The van der Waals surface area contributed by atoms with Crippen molar-refractivity contribution < 1.29 is 14.0 Å². The number of likely N-dealkylation sites (tertiary alicyclic amines) is 1. The van der Waals surface area contributed by atoms with Crippen LogP contribution in [0.1, 0.15) is 43.0 Å². The van der Waals surface area contributed by atoms with Gasteiger partial charge in [-0.05, 0) is 67.7 Å². The van der Waals surface area contributed by atoms with E-state index in [1.54, 1.807) is 24.3 Å². The van der Waals surface area contributed by atoms with Crippen molar-refractivity contribution in [2.75, 3.05) is 13.1 Å². The van der Waals surface area contributed by atoms with E-state index in [-0.39, 0.29) is 23.7 Å². The minimum Gasteiger partial charge on any atom is -0.349 e. The zero-order chi connectivity index (χ0) is 21.5. The first kappa shape index (κ1) is 20.2. The molecule has 2 aliphatic carbocycles. The summed E-state index contributed by atoms with van der Waals surface area (Å²) in [5.41, 5.74) is 1.80.